The molecule has 1 aliphatic rings. The molecular weight excluding hydrogens is 250 g/mol. The van der Waals surface area contributed by atoms with Crippen LogP contribution >= 0.6 is 0 Å². The van der Waals surface area contributed by atoms with Gasteiger partial charge in [0, 0.05) is 13.1 Å². The number of aryl methyl sites for hydroxylation is 1. The van der Waals surface area contributed by atoms with Crippen molar-refractivity contribution in [1.82, 2.24) is 4.31 Å². The standard InChI is InChI=1S/C13H19NO3S/c1-2-11-3-5-13(6-4-11)18(16,17)14-9-7-12(15)8-10-14/h3-6,12,15H,2,7-10H2,1H3. The van der Waals surface area contributed by atoms with Crippen molar-refractivity contribution in [2.24, 2.45) is 0 Å². The quantitative estimate of drug-likeness (QED) is 0.902. The van der Waals surface area contributed by atoms with Crippen LogP contribution in [0.3, 0.4) is 0 Å². The molecule has 1 saturated heterocycles. The van der Waals surface area contributed by atoms with Gasteiger partial charge in [0.2, 0.25) is 10.0 Å². The van der Waals surface area contributed by atoms with E-state index in [1.54, 1.807) is 12.1 Å². The van der Waals surface area contributed by atoms with Crippen LogP contribution in [0.4, 0.5) is 0 Å². The highest BCUT2D eigenvalue weighted by molar-refractivity contribution is 7.89. The first kappa shape index (κ1) is 13.5. The molecule has 0 unspecified atom stereocenters. The Balaban J connectivity index is 2.19. The zero-order valence-electron chi connectivity index (χ0n) is 10.5. The molecule has 0 radical (unpaired) electrons. The number of benzene rings is 1. The molecule has 1 heterocycles. The molecule has 18 heavy (non-hydrogen) atoms. The summed E-state index contributed by atoms with van der Waals surface area (Å²) in [6.45, 7) is 2.84. The van der Waals surface area contributed by atoms with Crippen LogP contribution < -0.4 is 0 Å². The van der Waals surface area contributed by atoms with Gasteiger partial charge in [0.15, 0.2) is 0 Å². The van der Waals surface area contributed by atoms with Gasteiger partial charge in [-0.15, -0.1) is 0 Å². The van der Waals surface area contributed by atoms with Crippen molar-refractivity contribution < 1.29 is 13.5 Å². The van der Waals surface area contributed by atoms with Gasteiger partial charge in [-0.3, -0.25) is 0 Å². The number of rotatable bonds is 3. The SMILES string of the molecule is CCc1ccc(S(=O)(=O)N2CCC(O)CC2)cc1. The monoisotopic (exact) mass is 269 g/mol. The zero-order valence-corrected chi connectivity index (χ0v) is 11.4. The van der Waals surface area contributed by atoms with Crippen molar-refractivity contribution in [2.75, 3.05) is 13.1 Å². The van der Waals surface area contributed by atoms with Gasteiger partial charge in [0.1, 0.15) is 0 Å². The second-order valence-corrected chi connectivity index (χ2v) is 6.57. The van der Waals surface area contributed by atoms with E-state index in [9.17, 15) is 13.5 Å². The van der Waals surface area contributed by atoms with Crippen LogP contribution in [0.15, 0.2) is 29.2 Å². The number of hydrogen-bond acceptors (Lipinski definition) is 3. The van der Waals surface area contributed by atoms with E-state index >= 15 is 0 Å². The highest BCUT2D eigenvalue weighted by Crippen LogP contribution is 2.21. The van der Waals surface area contributed by atoms with E-state index in [-0.39, 0.29) is 6.10 Å². The molecule has 5 heteroatoms. The summed E-state index contributed by atoms with van der Waals surface area (Å²) in [5.74, 6) is 0. The Bertz CT molecular complexity index is 487. The van der Waals surface area contributed by atoms with E-state index < -0.39 is 10.0 Å². The minimum atomic E-state index is -3.39. The van der Waals surface area contributed by atoms with Crippen LogP contribution in [-0.2, 0) is 16.4 Å². The maximum atomic E-state index is 12.3. The largest absolute Gasteiger partial charge is 0.393 e. The number of aliphatic hydroxyl groups excluding tert-OH is 1. The minimum Gasteiger partial charge on any atom is -0.393 e. The number of aliphatic hydroxyl groups is 1. The predicted octanol–water partition coefficient (Wildman–Crippen LogP) is 1.39. The van der Waals surface area contributed by atoms with Gasteiger partial charge in [-0.05, 0) is 37.0 Å². The Kier molecular flexibility index (Phi) is 4.04. The Labute approximate surface area is 108 Å². The zero-order chi connectivity index (χ0) is 13.2. The Morgan fingerprint density at radius 1 is 1.22 bits per heavy atom. The lowest BCUT2D eigenvalue weighted by molar-refractivity contribution is 0.113. The lowest BCUT2D eigenvalue weighted by atomic mass is 10.1. The summed E-state index contributed by atoms with van der Waals surface area (Å²) in [5.41, 5.74) is 1.13. The van der Waals surface area contributed by atoms with E-state index in [0.29, 0.717) is 30.8 Å². The molecule has 1 N–H and O–H groups in total. The van der Waals surface area contributed by atoms with E-state index in [4.69, 9.17) is 0 Å². The third kappa shape index (κ3) is 2.74. The third-order valence-corrected chi connectivity index (χ3v) is 5.31. The lowest BCUT2D eigenvalue weighted by Gasteiger charge is -2.28. The molecule has 0 aliphatic carbocycles. The summed E-state index contributed by atoms with van der Waals surface area (Å²) in [7, 11) is -3.39. The highest BCUT2D eigenvalue weighted by Gasteiger charge is 2.28. The summed E-state index contributed by atoms with van der Waals surface area (Å²) in [6, 6.07) is 7.04. The smallest absolute Gasteiger partial charge is 0.243 e. The molecule has 1 aromatic carbocycles. The Morgan fingerprint density at radius 2 is 1.78 bits per heavy atom. The molecule has 0 spiro atoms. The van der Waals surface area contributed by atoms with Crippen molar-refractivity contribution in [3.05, 3.63) is 29.8 Å². The predicted molar refractivity (Wildman–Crippen MR) is 69.8 cm³/mol. The van der Waals surface area contributed by atoms with E-state index in [1.165, 1.54) is 4.31 Å². The van der Waals surface area contributed by atoms with Crippen molar-refractivity contribution in [1.29, 1.82) is 0 Å². The van der Waals surface area contributed by atoms with Gasteiger partial charge in [-0.1, -0.05) is 19.1 Å². The molecule has 1 aliphatic heterocycles. The molecule has 1 fully saturated rings. The van der Waals surface area contributed by atoms with Crippen LogP contribution in [0.5, 0.6) is 0 Å². The van der Waals surface area contributed by atoms with Crippen LogP contribution in [0.1, 0.15) is 25.3 Å². The van der Waals surface area contributed by atoms with E-state index in [2.05, 4.69) is 0 Å². The summed E-state index contributed by atoms with van der Waals surface area (Å²) in [4.78, 5) is 0.344. The number of hydrogen-bond donors (Lipinski definition) is 1. The molecule has 0 aromatic heterocycles. The average molecular weight is 269 g/mol. The molecule has 1 aromatic rings. The van der Waals surface area contributed by atoms with Gasteiger partial charge in [-0.2, -0.15) is 4.31 Å². The van der Waals surface area contributed by atoms with Gasteiger partial charge in [0.25, 0.3) is 0 Å². The summed E-state index contributed by atoms with van der Waals surface area (Å²) in [6.07, 6.45) is 1.58. The maximum Gasteiger partial charge on any atom is 0.243 e. The first-order valence-electron chi connectivity index (χ1n) is 6.31. The topological polar surface area (TPSA) is 57.6 Å². The molecule has 0 bridgehead atoms. The second kappa shape index (κ2) is 5.38. The Hall–Kier alpha value is -0.910. The Morgan fingerprint density at radius 3 is 2.28 bits per heavy atom. The van der Waals surface area contributed by atoms with Gasteiger partial charge < -0.3 is 5.11 Å². The fraction of sp³-hybridized carbons (Fsp3) is 0.538. The van der Waals surface area contributed by atoms with Crippen LogP contribution in [0, 0.1) is 0 Å². The average Bonchev–Trinajstić information content (AvgIpc) is 2.39. The van der Waals surface area contributed by atoms with Gasteiger partial charge >= 0.3 is 0 Å². The van der Waals surface area contributed by atoms with Crippen LogP contribution in [-0.4, -0.2) is 37.0 Å². The fourth-order valence-electron chi connectivity index (χ4n) is 2.13. The second-order valence-electron chi connectivity index (χ2n) is 4.63. The van der Waals surface area contributed by atoms with Crippen LogP contribution in [0.2, 0.25) is 0 Å². The van der Waals surface area contributed by atoms with Gasteiger partial charge in [0.05, 0.1) is 11.0 Å². The van der Waals surface area contributed by atoms with Crippen molar-refractivity contribution in [3.63, 3.8) is 0 Å². The molecular formula is C13H19NO3S. The first-order chi connectivity index (χ1) is 8.54. The maximum absolute atomic E-state index is 12.3. The molecule has 100 valence electrons. The lowest BCUT2D eigenvalue weighted by Crippen LogP contribution is -2.39. The van der Waals surface area contributed by atoms with Crippen molar-refractivity contribution in [2.45, 2.75) is 37.2 Å². The van der Waals surface area contributed by atoms with Crippen LogP contribution in [0.25, 0.3) is 0 Å². The normalized spacial score (nSPS) is 19.0. The van der Waals surface area contributed by atoms with Crippen molar-refractivity contribution in [3.8, 4) is 0 Å². The van der Waals surface area contributed by atoms with E-state index in [0.717, 1.165) is 12.0 Å². The third-order valence-electron chi connectivity index (χ3n) is 3.39. The van der Waals surface area contributed by atoms with Crippen molar-refractivity contribution >= 4 is 10.0 Å². The highest BCUT2D eigenvalue weighted by atomic mass is 32.2. The summed E-state index contributed by atoms with van der Waals surface area (Å²) in [5, 5.41) is 9.41. The van der Waals surface area contributed by atoms with Gasteiger partial charge in [-0.25, -0.2) is 8.42 Å². The molecule has 0 amide bonds. The molecule has 0 saturated carbocycles. The van der Waals surface area contributed by atoms with E-state index in [1.807, 2.05) is 19.1 Å². The number of nitrogens with zero attached hydrogens (tertiary/aromatic N) is 1. The molecule has 4 nitrogen and oxygen atoms in total. The number of sulfonamides is 1. The fourth-order valence-corrected chi connectivity index (χ4v) is 3.60. The number of piperidine rings is 1. The first-order valence-corrected chi connectivity index (χ1v) is 7.75. The summed E-state index contributed by atoms with van der Waals surface area (Å²) >= 11 is 0. The minimum absolute atomic E-state index is 0.344. The molecule has 0 atom stereocenters. The molecule has 2 rings (SSSR count). The summed E-state index contributed by atoms with van der Waals surface area (Å²) < 4.78 is 26.1.